The first kappa shape index (κ1) is 47.1. The average Bonchev–Trinajstić information content (AvgIpc) is 4.15. The number of hydrogen-bond donors (Lipinski definition) is 0. The number of allylic oxidation sites excluding steroid dienone is 7. The van der Waals surface area contributed by atoms with E-state index in [9.17, 15) is 0 Å². The molecule has 0 spiro atoms. The summed E-state index contributed by atoms with van der Waals surface area (Å²) in [6.07, 6.45) is 24.0. The second kappa shape index (κ2) is 19.3. The van der Waals surface area contributed by atoms with Crippen LogP contribution in [0.25, 0.3) is 44.8 Å². The maximum absolute atomic E-state index is 2.78. The van der Waals surface area contributed by atoms with Gasteiger partial charge in [-0.25, -0.2) is 0 Å². The van der Waals surface area contributed by atoms with Gasteiger partial charge < -0.3 is 9.80 Å². The molecule has 0 saturated heterocycles. The molecular weight excluding hydrogens is 957 g/mol. The molecule has 0 fully saturated rings. The van der Waals surface area contributed by atoms with Crippen LogP contribution < -0.4 is 30.7 Å². The molecule has 8 aromatic rings. The van der Waals surface area contributed by atoms with Gasteiger partial charge in [0.05, 0.1) is 6.04 Å². The van der Waals surface area contributed by atoms with Gasteiger partial charge in [0.25, 0.3) is 0 Å². The van der Waals surface area contributed by atoms with Crippen molar-refractivity contribution < 1.29 is 0 Å². The van der Waals surface area contributed by atoms with Gasteiger partial charge in [-0.2, -0.15) is 0 Å². The van der Waals surface area contributed by atoms with Crippen LogP contribution in [-0.2, 0) is 6.42 Å². The first-order valence-electron chi connectivity index (χ1n) is 27.6. The molecular formula is C72H62N2S2. The largest absolute Gasteiger partial charge is 0.337 e. The molecule has 1 aromatic heterocycles. The Morgan fingerprint density at radius 3 is 2.05 bits per heavy atom. The van der Waals surface area contributed by atoms with E-state index >= 15 is 0 Å². The molecule has 4 unspecified atom stereocenters. The lowest BCUT2D eigenvalue weighted by atomic mass is 9.75. The number of hydrogen-bond acceptors (Lipinski definition) is 4. The number of nitrogens with zero attached hydrogens (tertiary/aromatic N) is 2. The molecule has 0 saturated carbocycles. The van der Waals surface area contributed by atoms with Gasteiger partial charge in [-0.05, 0) is 146 Å². The molecule has 0 radical (unpaired) electrons. The van der Waals surface area contributed by atoms with Crippen molar-refractivity contribution in [3.05, 3.63) is 270 Å². The minimum Gasteiger partial charge on any atom is -0.337 e. The Labute approximate surface area is 456 Å². The number of rotatable bonds is 10. The van der Waals surface area contributed by atoms with Crippen molar-refractivity contribution in [1.82, 2.24) is 0 Å². The SMILES string of the molecule is CC(C)C1=CC(N(C2=c3ccccc3=C(N(c3cccc(C4=C5Sc6ccccc6C5CC=C4)c3)c3cccc(C(C)C)c3)C3C=c4ccccc4=CC23)c2cccc(C3=CCCc4c3sc3ccccc43)c2)CC=C1. The van der Waals surface area contributed by atoms with Crippen LogP contribution in [0.1, 0.15) is 91.5 Å². The van der Waals surface area contributed by atoms with E-state index in [2.05, 4.69) is 256 Å². The molecule has 1 aliphatic heterocycles. The summed E-state index contributed by atoms with van der Waals surface area (Å²) in [4.78, 5) is 9.71. The molecule has 5 aliphatic carbocycles. The number of aryl methyl sites for hydroxylation is 1. The molecule has 0 amide bonds. The Morgan fingerprint density at radius 1 is 0.566 bits per heavy atom. The number of thioether (sulfide) groups is 1. The number of fused-ring (bicyclic) bond motifs is 9. The molecule has 0 bridgehead atoms. The zero-order valence-electron chi connectivity index (χ0n) is 43.8. The van der Waals surface area contributed by atoms with Crippen molar-refractivity contribution in [3.8, 4) is 0 Å². The highest BCUT2D eigenvalue weighted by Gasteiger charge is 2.40. The predicted molar refractivity (Wildman–Crippen MR) is 326 cm³/mol. The Bertz CT molecular complexity index is 4100. The van der Waals surface area contributed by atoms with Gasteiger partial charge in [0, 0.05) is 76.0 Å². The van der Waals surface area contributed by atoms with Crippen molar-refractivity contribution in [1.29, 1.82) is 0 Å². The van der Waals surface area contributed by atoms with E-state index in [1.165, 1.54) is 119 Å². The second-order valence-electron chi connectivity index (χ2n) is 22.1. The van der Waals surface area contributed by atoms with E-state index in [1.807, 2.05) is 23.1 Å². The molecule has 14 rings (SSSR count). The Balaban J connectivity index is 1.03. The van der Waals surface area contributed by atoms with Gasteiger partial charge in [-0.15, -0.1) is 11.3 Å². The summed E-state index contributed by atoms with van der Waals surface area (Å²) in [7, 11) is 0. The highest BCUT2D eigenvalue weighted by atomic mass is 32.2. The van der Waals surface area contributed by atoms with E-state index < -0.39 is 0 Å². The monoisotopic (exact) mass is 1020 g/mol. The van der Waals surface area contributed by atoms with Gasteiger partial charge in [-0.1, -0.05) is 209 Å². The third-order valence-corrected chi connectivity index (χ3v) is 19.4. The average molecular weight is 1020 g/mol. The summed E-state index contributed by atoms with van der Waals surface area (Å²) in [6, 6.07) is 65.1. The Hall–Kier alpha value is -7.37. The van der Waals surface area contributed by atoms with Gasteiger partial charge in [0.15, 0.2) is 0 Å². The number of anilines is 3. The van der Waals surface area contributed by atoms with Crippen LogP contribution in [0.2, 0.25) is 0 Å². The van der Waals surface area contributed by atoms with Crippen LogP contribution in [0, 0.1) is 17.8 Å². The normalized spacial score (nSPS) is 20.0. The van der Waals surface area contributed by atoms with E-state index in [1.54, 1.807) is 0 Å². The summed E-state index contributed by atoms with van der Waals surface area (Å²) in [6.45, 7) is 9.31. The zero-order valence-corrected chi connectivity index (χ0v) is 45.4. The van der Waals surface area contributed by atoms with E-state index in [4.69, 9.17) is 0 Å². The lowest BCUT2D eigenvalue weighted by Crippen LogP contribution is -2.51. The standard InChI is InChI=1S/C72H62N2S2/c1-45(2)47-21-13-25-53(39-47)73(55-27-15-23-51(41-55)57-33-17-35-63-59-29-9-11-37-67(59)75-71(57)63)69-61-31-7-8-32-62(61)70(66-44-50-20-6-5-19-49(50)43-65(66)69)74(54-26-14-22-48(40-54)46(3)4)56-28-16-24-52(42-56)58-34-18-36-64-60-30-10-12-38-68(60)76-72(58)64/h5-17,19-25,27-34,37-46,54,63,65-66H,18,26,35-36H2,1-4H3. The minimum atomic E-state index is -0.00689. The molecule has 372 valence electrons. The van der Waals surface area contributed by atoms with Crippen LogP contribution in [0.5, 0.6) is 0 Å². The topological polar surface area (TPSA) is 6.48 Å². The maximum atomic E-state index is 2.78. The first-order valence-corrected chi connectivity index (χ1v) is 29.3. The van der Waals surface area contributed by atoms with Crippen LogP contribution in [0.3, 0.4) is 0 Å². The van der Waals surface area contributed by atoms with Crippen molar-refractivity contribution >= 4 is 84.9 Å². The van der Waals surface area contributed by atoms with Gasteiger partial charge in [0.2, 0.25) is 0 Å². The fraction of sp³-hybridized carbons (Fsp3) is 0.194. The van der Waals surface area contributed by atoms with Gasteiger partial charge in [0.1, 0.15) is 0 Å². The summed E-state index contributed by atoms with van der Waals surface area (Å²) in [5.41, 5.74) is 17.2. The highest BCUT2D eigenvalue weighted by molar-refractivity contribution is 8.03. The second-order valence-corrected chi connectivity index (χ2v) is 24.2. The highest BCUT2D eigenvalue weighted by Crippen LogP contribution is 2.55. The molecule has 76 heavy (non-hydrogen) atoms. The molecule has 4 atom stereocenters. The quantitative estimate of drug-likeness (QED) is 0.135. The summed E-state index contributed by atoms with van der Waals surface area (Å²) in [5.74, 6) is 1.17. The summed E-state index contributed by atoms with van der Waals surface area (Å²) in [5, 5.41) is 6.55. The molecule has 4 heteroatoms. The van der Waals surface area contributed by atoms with Crippen LogP contribution in [0.4, 0.5) is 17.1 Å². The molecule has 0 N–H and O–H groups in total. The first-order chi connectivity index (χ1) is 37.3. The predicted octanol–water partition coefficient (Wildman–Crippen LogP) is 16.0. The van der Waals surface area contributed by atoms with Gasteiger partial charge in [-0.3, -0.25) is 0 Å². The van der Waals surface area contributed by atoms with E-state index in [-0.39, 0.29) is 17.9 Å². The zero-order chi connectivity index (χ0) is 51.0. The van der Waals surface area contributed by atoms with E-state index in [0.717, 1.165) is 25.7 Å². The van der Waals surface area contributed by atoms with Crippen LogP contribution in [0.15, 0.2) is 222 Å². The van der Waals surface area contributed by atoms with Crippen molar-refractivity contribution in [3.63, 3.8) is 0 Å². The van der Waals surface area contributed by atoms with Crippen LogP contribution >= 0.6 is 23.1 Å². The van der Waals surface area contributed by atoms with Crippen molar-refractivity contribution in [2.45, 2.75) is 76.2 Å². The molecule has 6 aliphatic rings. The third-order valence-electron chi connectivity index (χ3n) is 16.9. The number of benzene rings is 7. The van der Waals surface area contributed by atoms with Crippen molar-refractivity contribution in [2.75, 3.05) is 9.80 Å². The smallest absolute Gasteiger partial charge is 0.0559 e. The Kier molecular flexibility index (Phi) is 12.0. The van der Waals surface area contributed by atoms with E-state index in [0.29, 0.717) is 17.8 Å². The number of thiophene rings is 1. The lowest BCUT2D eigenvalue weighted by molar-refractivity contribution is 0.666. The molecule has 2 nitrogen and oxygen atoms in total. The third kappa shape index (κ3) is 8.07. The summed E-state index contributed by atoms with van der Waals surface area (Å²) < 4.78 is 1.38. The van der Waals surface area contributed by atoms with Crippen molar-refractivity contribution in [2.24, 2.45) is 17.8 Å². The summed E-state index contributed by atoms with van der Waals surface area (Å²) >= 11 is 3.93. The Morgan fingerprint density at radius 2 is 1.24 bits per heavy atom. The van der Waals surface area contributed by atoms with Crippen LogP contribution in [-0.4, -0.2) is 6.04 Å². The molecule has 2 heterocycles. The maximum Gasteiger partial charge on any atom is 0.0559 e. The minimum absolute atomic E-state index is 0.00689. The lowest BCUT2D eigenvalue weighted by Gasteiger charge is -2.44. The fourth-order valence-electron chi connectivity index (χ4n) is 13.2. The fourth-order valence-corrected chi connectivity index (χ4v) is 15.9. The van der Waals surface area contributed by atoms with Gasteiger partial charge >= 0.3 is 0 Å². The molecule has 7 aromatic carbocycles.